The summed E-state index contributed by atoms with van der Waals surface area (Å²) in [5, 5.41) is 8.75. The molecule has 2 heterocycles. The van der Waals surface area contributed by atoms with Crippen LogP contribution in [0.5, 0.6) is 0 Å². The zero-order chi connectivity index (χ0) is 21.9. The highest BCUT2D eigenvalue weighted by molar-refractivity contribution is 5.79. The smallest absolute Gasteiger partial charge is 0.410 e. The lowest BCUT2D eigenvalue weighted by Crippen LogP contribution is -2.52. The molecule has 1 fully saturated rings. The van der Waals surface area contributed by atoms with Crippen LogP contribution in [-0.4, -0.2) is 29.7 Å². The molecule has 4 nitrogen and oxygen atoms in total. The molecule has 2 bridgehead atoms. The average Bonchev–Trinajstić information content (AvgIpc) is 3.13. The van der Waals surface area contributed by atoms with E-state index in [4.69, 9.17) is 10.00 Å². The molecule has 0 aromatic heterocycles. The van der Waals surface area contributed by atoms with Gasteiger partial charge in [0, 0.05) is 18.4 Å². The van der Waals surface area contributed by atoms with Crippen molar-refractivity contribution in [1.29, 1.82) is 5.26 Å². The number of carbonyl (C=O) groups excluding carboxylic acids is 1. The van der Waals surface area contributed by atoms with Crippen LogP contribution in [0.1, 0.15) is 68.4 Å². The Kier molecular flexibility index (Phi) is 5.99. The van der Waals surface area contributed by atoms with Crippen molar-refractivity contribution in [1.82, 2.24) is 4.90 Å². The number of hydrogen-bond acceptors (Lipinski definition) is 3. The normalized spacial score (nSPS) is 21.3. The van der Waals surface area contributed by atoms with Crippen molar-refractivity contribution in [2.24, 2.45) is 0 Å². The van der Waals surface area contributed by atoms with Gasteiger partial charge in [0.25, 0.3) is 0 Å². The molecule has 1 aliphatic carbocycles. The second-order valence-electron chi connectivity index (χ2n) is 9.26. The van der Waals surface area contributed by atoms with Gasteiger partial charge in [-0.25, -0.2) is 4.79 Å². The van der Waals surface area contributed by atoms with Crippen LogP contribution in [-0.2, 0) is 4.74 Å². The van der Waals surface area contributed by atoms with Gasteiger partial charge >= 0.3 is 6.09 Å². The van der Waals surface area contributed by atoms with Gasteiger partial charge in [-0.05, 0) is 67.2 Å². The lowest BCUT2D eigenvalue weighted by molar-refractivity contribution is 0.0507. The number of ether oxygens (including phenoxy) is 1. The molecule has 164 valence electrons. The standard InChI is InChI=1S/C28H30N2O2/c29-16-7-1-2-9-20-17-21-10-8-11-22(18-20)30(21)28(31)32-19-27-25-14-5-3-12-23(25)24-13-4-6-15-26(24)27/h3-6,12-15,17,21-22,27H,1-2,7-11,18-19H2. The fourth-order valence-electron chi connectivity index (χ4n) is 5.81. The number of nitrogens with zero attached hydrogens (tertiary/aromatic N) is 2. The van der Waals surface area contributed by atoms with Gasteiger partial charge in [0.1, 0.15) is 6.61 Å². The van der Waals surface area contributed by atoms with Gasteiger partial charge in [0.05, 0.1) is 12.1 Å². The lowest BCUT2D eigenvalue weighted by atomic mass is 9.84. The quantitative estimate of drug-likeness (QED) is 0.388. The van der Waals surface area contributed by atoms with Crippen LogP contribution < -0.4 is 0 Å². The van der Waals surface area contributed by atoms with Crippen LogP contribution in [0.15, 0.2) is 60.2 Å². The molecular formula is C28H30N2O2. The molecule has 0 spiro atoms. The van der Waals surface area contributed by atoms with Gasteiger partial charge in [0.2, 0.25) is 0 Å². The highest BCUT2D eigenvalue weighted by atomic mass is 16.6. The second kappa shape index (κ2) is 9.20. The van der Waals surface area contributed by atoms with Crippen LogP contribution in [0.3, 0.4) is 0 Å². The molecule has 0 radical (unpaired) electrons. The van der Waals surface area contributed by atoms with Crippen LogP contribution in [0.4, 0.5) is 4.79 Å². The SMILES string of the molecule is N#CCCCCC1=CC2CCCC(C1)N2C(=O)OCC1c2ccccc2-c2ccccc21. The van der Waals surface area contributed by atoms with Crippen molar-refractivity contribution in [3.8, 4) is 17.2 Å². The maximum Gasteiger partial charge on any atom is 0.410 e. The van der Waals surface area contributed by atoms with Gasteiger partial charge in [-0.1, -0.05) is 60.2 Å². The van der Waals surface area contributed by atoms with Crippen molar-refractivity contribution in [2.75, 3.05) is 6.61 Å². The first kappa shape index (κ1) is 20.8. The minimum absolute atomic E-state index is 0.0993. The first-order valence-corrected chi connectivity index (χ1v) is 12.0. The van der Waals surface area contributed by atoms with Crippen molar-refractivity contribution in [2.45, 2.75) is 69.4 Å². The number of nitriles is 1. The predicted octanol–water partition coefficient (Wildman–Crippen LogP) is 6.57. The number of fused-ring (bicyclic) bond motifs is 5. The molecular weight excluding hydrogens is 396 g/mol. The Labute approximate surface area is 190 Å². The molecule has 5 rings (SSSR count). The van der Waals surface area contributed by atoms with Crippen LogP contribution in [0, 0.1) is 11.3 Å². The van der Waals surface area contributed by atoms with E-state index in [1.165, 1.54) is 34.2 Å². The Bertz CT molecular complexity index is 1020. The van der Waals surface area contributed by atoms with Crippen molar-refractivity contribution < 1.29 is 9.53 Å². The Balaban J connectivity index is 1.27. The van der Waals surface area contributed by atoms with E-state index in [0.717, 1.165) is 38.5 Å². The molecule has 1 amide bonds. The van der Waals surface area contributed by atoms with E-state index in [9.17, 15) is 4.79 Å². The number of piperidine rings is 1. The molecule has 0 saturated carbocycles. The Hall–Kier alpha value is -3.06. The number of amides is 1. The van der Waals surface area contributed by atoms with E-state index < -0.39 is 0 Å². The predicted molar refractivity (Wildman–Crippen MR) is 125 cm³/mol. The van der Waals surface area contributed by atoms with Crippen LogP contribution in [0.25, 0.3) is 11.1 Å². The Morgan fingerprint density at radius 3 is 2.44 bits per heavy atom. The number of benzene rings is 2. The van der Waals surface area contributed by atoms with E-state index in [0.29, 0.717) is 13.0 Å². The van der Waals surface area contributed by atoms with Crippen molar-refractivity contribution in [3.63, 3.8) is 0 Å². The summed E-state index contributed by atoms with van der Waals surface area (Å²) >= 11 is 0. The molecule has 0 N–H and O–H groups in total. The zero-order valence-corrected chi connectivity index (χ0v) is 18.5. The van der Waals surface area contributed by atoms with Crippen molar-refractivity contribution >= 4 is 6.09 Å². The maximum atomic E-state index is 13.2. The Morgan fingerprint density at radius 1 is 1.03 bits per heavy atom. The summed E-state index contributed by atoms with van der Waals surface area (Å²) in [5.41, 5.74) is 6.46. The minimum atomic E-state index is -0.165. The second-order valence-corrected chi connectivity index (χ2v) is 9.26. The van der Waals surface area contributed by atoms with Crippen LogP contribution in [0.2, 0.25) is 0 Å². The number of unbranched alkanes of at least 4 members (excludes halogenated alkanes) is 2. The summed E-state index contributed by atoms with van der Waals surface area (Å²) in [6, 6.07) is 19.6. The van der Waals surface area contributed by atoms with Gasteiger partial charge in [-0.15, -0.1) is 0 Å². The third kappa shape index (κ3) is 3.93. The third-order valence-corrected chi connectivity index (χ3v) is 7.30. The van der Waals surface area contributed by atoms with Gasteiger partial charge < -0.3 is 4.74 Å². The highest BCUT2D eigenvalue weighted by Crippen LogP contribution is 2.45. The van der Waals surface area contributed by atoms with Gasteiger partial charge in [0.15, 0.2) is 0 Å². The monoisotopic (exact) mass is 426 g/mol. The van der Waals surface area contributed by atoms with Gasteiger partial charge in [-0.2, -0.15) is 5.26 Å². The molecule has 2 atom stereocenters. The van der Waals surface area contributed by atoms with E-state index in [1.54, 1.807) is 0 Å². The first-order valence-electron chi connectivity index (χ1n) is 12.0. The molecule has 1 saturated heterocycles. The summed E-state index contributed by atoms with van der Waals surface area (Å²) in [7, 11) is 0. The minimum Gasteiger partial charge on any atom is -0.448 e. The molecule has 2 aromatic rings. The number of carbonyl (C=O) groups is 1. The molecule has 3 aliphatic rings. The van der Waals surface area contributed by atoms with E-state index in [1.807, 2.05) is 4.90 Å². The summed E-state index contributed by atoms with van der Waals surface area (Å²) < 4.78 is 5.99. The molecule has 4 heteroatoms. The Morgan fingerprint density at radius 2 is 1.75 bits per heavy atom. The third-order valence-electron chi connectivity index (χ3n) is 7.30. The van der Waals surface area contributed by atoms with Crippen LogP contribution >= 0.6 is 0 Å². The number of hydrogen-bond donors (Lipinski definition) is 0. The highest BCUT2D eigenvalue weighted by Gasteiger charge is 2.38. The largest absolute Gasteiger partial charge is 0.448 e. The fourth-order valence-corrected chi connectivity index (χ4v) is 5.81. The van der Waals surface area contributed by atoms with E-state index in [2.05, 4.69) is 60.7 Å². The van der Waals surface area contributed by atoms with E-state index >= 15 is 0 Å². The molecule has 32 heavy (non-hydrogen) atoms. The molecule has 2 unspecified atom stereocenters. The summed E-state index contributed by atoms with van der Waals surface area (Å²) in [6.07, 6.45) is 10.0. The molecule has 2 aliphatic heterocycles. The molecule has 2 aromatic carbocycles. The number of rotatable bonds is 6. The summed E-state index contributed by atoms with van der Waals surface area (Å²) in [5.74, 6) is 0.0993. The fraction of sp³-hybridized carbons (Fsp3) is 0.429. The van der Waals surface area contributed by atoms with Gasteiger partial charge in [-0.3, -0.25) is 4.90 Å². The lowest BCUT2D eigenvalue weighted by Gasteiger charge is -2.44. The average molecular weight is 427 g/mol. The topological polar surface area (TPSA) is 53.3 Å². The maximum absolute atomic E-state index is 13.2. The summed E-state index contributed by atoms with van der Waals surface area (Å²) in [4.78, 5) is 15.2. The van der Waals surface area contributed by atoms with Crippen molar-refractivity contribution in [3.05, 3.63) is 71.3 Å². The van der Waals surface area contributed by atoms with E-state index in [-0.39, 0.29) is 24.1 Å². The zero-order valence-electron chi connectivity index (χ0n) is 18.5. The first-order chi connectivity index (χ1) is 15.8. The summed E-state index contributed by atoms with van der Waals surface area (Å²) in [6.45, 7) is 0.382.